The Morgan fingerprint density at radius 2 is 1.63 bits per heavy atom. The van der Waals surface area contributed by atoms with Gasteiger partial charge in [-0.15, -0.1) is 5.01 Å². The molecular weight excluding hydrogens is 675 g/mol. The Hall–Kier alpha value is -5.98. The topological polar surface area (TPSA) is 179 Å². The summed E-state index contributed by atoms with van der Waals surface area (Å²) < 4.78 is 74.0. The van der Waals surface area contributed by atoms with Crippen molar-refractivity contribution >= 4 is 27.9 Å². The van der Waals surface area contributed by atoms with E-state index in [2.05, 4.69) is 10.4 Å². The van der Waals surface area contributed by atoms with Crippen molar-refractivity contribution in [2.24, 2.45) is 5.28 Å². The minimum Gasteiger partial charge on any atom is -0.569 e. The van der Waals surface area contributed by atoms with Gasteiger partial charge in [-0.3, -0.25) is 9.59 Å². The third kappa shape index (κ3) is 6.73. The molecule has 19 heteroatoms. The number of carbonyl (C=O) groups is 3. The van der Waals surface area contributed by atoms with Crippen LogP contribution in [0.25, 0.3) is 16.9 Å². The van der Waals surface area contributed by atoms with Crippen LogP contribution >= 0.6 is 0 Å². The summed E-state index contributed by atoms with van der Waals surface area (Å²) in [5, 5.41) is 20.1. The van der Waals surface area contributed by atoms with E-state index in [1.54, 1.807) is 41.1 Å². The lowest BCUT2D eigenvalue weighted by molar-refractivity contribution is -0.726. The van der Waals surface area contributed by atoms with Crippen LogP contribution in [0.3, 0.4) is 0 Å². The average Bonchev–Trinajstić information content (AvgIpc) is 3.59. The SMILES string of the molecule is Cc1ccc(-c2cc(C(F)(F)F)nn2-c2ccc(S(=O)(=O)NC(=O)OC3CN(/[N+]([O-])=N\OCN4C(=O)c5ccccc5C4=O)C3)cc2)cc1. The predicted octanol–water partition coefficient (Wildman–Crippen LogP) is 4.03. The molecule has 2 aliphatic rings. The molecule has 0 saturated carbocycles. The number of nitrogens with one attached hydrogen (secondary N) is 1. The van der Waals surface area contributed by atoms with Gasteiger partial charge in [-0.1, -0.05) is 42.0 Å². The van der Waals surface area contributed by atoms with Gasteiger partial charge in [-0.25, -0.2) is 27.5 Å². The van der Waals surface area contributed by atoms with Gasteiger partial charge in [-0.2, -0.15) is 18.3 Å². The zero-order valence-corrected chi connectivity index (χ0v) is 26.0. The number of benzene rings is 3. The van der Waals surface area contributed by atoms with Crippen molar-refractivity contribution in [2.75, 3.05) is 19.8 Å². The number of ether oxygens (including phenoxy) is 1. The number of alkyl halides is 3. The molecule has 3 aromatic carbocycles. The van der Waals surface area contributed by atoms with Crippen molar-refractivity contribution in [1.82, 2.24) is 24.4 Å². The zero-order valence-electron chi connectivity index (χ0n) is 25.2. The summed E-state index contributed by atoms with van der Waals surface area (Å²) in [6.07, 6.45) is -6.97. The van der Waals surface area contributed by atoms with Gasteiger partial charge in [0.05, 0.1) is 32.4 Å². The van der Waals surface area contributed by atoms with Gasteiger partial charge < -0.3 is 14.8 Å². The molecule has 6 rings (SSSR count). The number of nitrogens with zero attached hydrogens (tertiary/aromatic N) is 6. The fraction of sp³-hybridized carbons (Fsp3) is 0.200. The molecule has 0 bridgehead atoms. The number of imide groups is 1. The quantitative estimate of drug-likeness (QED) is 0.116. The zero-order chi connectivity index (χ0) is 35.1. The van der Waals surface area contributed by atoms with E-state index >= 15 is 0 Å². The summed E-state index contributed by atoms with van der Waals surface area (Å²) in [6, 6.07) is 18.4. The van der Waals surface area contributed by atoms with E-state index < -0.39 is 52.6 Å². The summed E-state index contributed by atoms with van der Waals surface area (Å²) >= 11 is 0. The maximum atomic E-state index is 13.5. The first kappa shape index (κ1) is 32.9. The van der Waals surface area contributed by atoms with E-state index in [0.29, 0.717) is 5.56 Å². The molecule has 0 unspecified atom stereocenters. The number of rotatable bonds is 9. The highest BCUT2D eigenvalue weighted by Crippen LogP contribution is 2.33. The van der Waals surface area contributed by atoms with Gasteiger partial charge in [0.15, 0.2) is 5.69 Å². The number of halogens is 3. The van der Waals surface area contributed by atoms with E-state index in [-0.39, 0.29) is 45.5 Å². The second-order valence-corrected chi connectivity index (χ2v) is 12.5. The molecule has 254 valence electrons. The molecule has 4 aromatic rings. The number of hydrogen-bond donors (Lipinski definition) is 1. The molecule has 0 aliphatic carbocycles. The van der Waals surface area contributed by atoms with Crippen LogP contribution < -0.4 is 4.72 Å². The first-order valence-corrected chi connectivity index (χ1v) is 15.8. The second kappa shape index (κ2) is 12.6. The lowest BCUT2D eigenvalue weighted by Gasteiger charge is -2.33. The number of amides is 3. The lowest BCUT2D eigenvalue weighted by Crippen LogP contribution is -2.56. The molecule has 3 heterocycles. The molecule has 1 fully saturated rings. The van der Waals surface area contributed by atoms with E-state index in [0.717, 1.165) is 38.4 Å². The Kier molecular flexibility index (Phi) is 8.45. The second-order valence-electron chi connectivity index (χ2n) is 10.9. The van der Waals surface area contributed by atoms with Gasteiger partial charge in [-0.05, 0) is 49.4 Å². The molecule has 15 nitrogen and oxygen atoms in total. The number of fused-ring (bicyclic) bond motifs is 1. The van der Waals surface area contributed by atoms with Crippen LogP contribution in [0.4, 0.5) is 18.0 Å². The lowest BCUT2D eigenvalue weighted by atomic mass is 10.1. The first-order chi connectivity index (χ1) is 23.2. The van der Waals surface area contributed by atoms with Gasteiger partial charge >= 0.3 is 12.3 Å². The van der Waals surface area contributed by atoms with Crippen LogP contribution in [0, 0.1) is 12.1 Å². The number of carbonyl (C=O) groups excluding carboxylic acids is 3. The van der Waals surface area contributed by atoms with Crippen molar-refractivity contribution < 1.29 is 50.5 Å². The minimum absolute atomic E-state index is 0.0236. The molecule has 1 saturated heterocycles. The summed E-state index contributed by atoms with van der Waals surface area (Å²) in [5.41, 5.74) is 0.849. The molecule has 0 atom stereocenters. The number of hydrazine groups is 1. The maximum Gasteiger partial charge on any atom is 0.435 e. The highest BCUT2D eigenvalue weighted by molar-refractivity contribution is 7.90. The van der Waals surface area contributed by atoms with Crippen LogP contribution in [-0.2, 0) is 25.8 Å². The Labute approximate surface area is 275 Å². The highest BCUT2D eigenvalue weighted by atomic mass is 32.2. The molecule has 1 N–H and O–H groups in total. The largest absolute Gasteiger partial charge is 0.569 e. The standard InChI is InChI=1S/C30H24F3N7O8S/c1-18-6-8-19(9-7-18)25-14-26(30(31,32)33)34-39(25)20-10-12-22(13-11-20)49(45,46)35-29(43)48-21-15-37(16-21)40(44)36-47-17-38-27(41)23-4-2-3-5-24(23)28(38)42/h2-14,21H,15-17H2,1H3,(H,35,43)/b40-36+. The van der Waals surface area contributed by atoms with Crippen molar-refractivity contribution in [3.63, 3.8) is 0 Å². The minimum atomic E-state index is -4.73. The van der Waals surface area contributed by atoms with Gasteiger partial charge in [0.1, 0.15) is 19.2 Å². The van der Waals surface area contributed by atoms with Crippen molar-refractivity contribution in [2.45, 2.75) is 24.1 Å². The van der Waals surface area contributed by atoms with Crippen molar-refractivity contribution in [3.05, 3.63) is 106 Å². The first-order valence-electron chi connectivity index (χ1n) is 14.3. The van der Waals surface area contributed by atoms with E-state index in [4.69, 9.17) is 9.57 Å². The van der Waals surface area contributed by atoms with Gasteiger partial charge in [0, 0.05) is 5.56 Å². The number of aryl methyl sites for hydroxylation is 1. The summed E-state index contributed by atoms with van der Waals surface area (Å²) in [5.74, 6) is -1.21. The molecule has 2 aliphatic heterocycles. The Balaban J connectivity index is 1.03. The Bertz CT molecular complexity index is 2040. The molecule has 0 radical (unpaired) electrons. The summed E-state index contributed by atoms with van der Waals surface area (Å²) in [7, 11) is -4.47. The fourth-order valence-corrected chi connectivity index (χ4v) is 5.81. The maximum absolute atomic E-state index is 13.5. The van der Waals surface area contributed by atoms with Crippen molar-refractivity contribution in [3.8, 4) is 16.9 Å². The van der Waals surface area contributed by atoms with Gasteiger partial charge in [0.2, 0.25) is 12.0 Å². The predicted molar refractivity (Wildman–Crippen MR) is 160 cm³/mol. The number of hydrogen-bond acceptors (Lipinski definition) is 10. The Morgan fingerprint density at radius 1 is 1.02 bits per heavy atom. The van der Waals surface area contributed by atoms with Crippen LogP contribution in [-0.4, -0.2) is 76.9 Å². The summed E-state index contributed by atoms with van der Waals surface area (Å²) in [6.45, 7) is 0.842. The van der Waals surface area contributed by atoms with Crippen LogP contribution in [0.1, 0.15) is 32.0 Å². The summed E-state index contributed by atoms with van der Waals surface area (Å²) in [4.78, 5) is 42.3. The highest BCUT2D eigenvalue weighted by Gasteiger charge is 2.39. The molecular formula is C30H24F3N7O8S. The number of aromatic nitrogens is 2. The van der Waals surface area contributed by atoms with Crippen LogP contribution in [0.5, 0.6) is 0 Å². The third-order valence-corrected chi connectivity index (χ3v) is 8.82. The Morgan fingerprint density at radius 3 is 2.22 bits per heavy atom. The number of sulfonamides is 1. The molecule has 0 spiro atoms. The fourth-order valence-electron chi connectivity index (χ4n) is 4.93. The molecule has 3 amide bonds. The van der Waals surface area contributed by atoms with Crippen LogP contribution in [0.2, 0.25) is 0 Å². The van der Waals surface area contributed by atoms with E-state index in [1.807, 2.05) is 6.92 Å². The smallest absolute Gasteiger partial charge is 0.435 e. The monoisotopic (exact) mass is 699 g/mol. The van der Waals surface area contributed by atoms with E-state index in [9.17, 15) is 41.2 Å². The van der Waals surface area contributed by atoms with E-state index in [1.165, 1.54) is 24.3 Å². The van der Waals surface area contributed by atoms with Gasteiger partial charge in [0.25, 0.3) is 21.8 Å². The molecule has 1 aromatic heterocycles. The normalized spacial score (nSPS) is 15.2. The average molecular weight is 700 g/mol. The van der Waals surface area contributed by atoms with Crippen LogP contribution in [0.15, 0.2) is 89.0 Å². The third-order valence-electron chi connectivity index (χ3n) is 7.49. The molecule has 49 heavy (non-hydrogen) atoms. The van der Waals surface area contributed by atoms with Crippen molar-refractivity contribution in [1.29, 1.82) is 0 Å².